The molecule has 1 saturated heterocycles. The van der Waals surface area contributed by atoms with Crippen molar-refractivity contribution >= 4 is 0 Å². The lowest BCUT2D eigenvalue weighted by atomic mass is 9.83. The first-order valence-corrected chi connectivity index (χ1v) is 6.78. The molecule has 2 fully saturated rings. The molecule has 94 valence electrons. The molecule has 2 rings (SSSR count). The van der Waals surface area contributed by atoms with Gasteiger partial charge in [-0.1, -0.05) is 13.3 Å². The average molecular weight is 227 g/mol. The fourth-order valence-electron chi connectivity index (χ4n) is 2.80. The summed E-state index contributed by atoms with van der Waals surface area (Å²) in [5, 5.41) is 0. The Morgan fingerprint density at radius 3 is 2.88 bits per heavy atom. The molecule has 3 nitrogen and oxygen atoms in total. The average Bonchev–Trinajstić information content (AvgIpc) is 2.81. The SMILES string of the molecule is CCC1CCC(N)C(OCC2CCCO2)C1. The monoisotopic (exact) mass is 227 g/mol. The lowest BCUT2D eigenvalue weighted by Crippen LogP contribution is -2.43. The van der Waals surface area contributed by atoms with Crippen molar-refractivity contribution < 1.29 is 9.47 Å². The molecule has 0 aromatic heterocycles. The van der Waals surface area contributed by atoms with Crippen LogP contribution in [0.5, 0.6) is 0 Å². The molecular formula is C13H25NO2. The maximum atomic E-state index is 6.11. The fourth-order valence-corrected chi connectivity index (χ4v) is 2.80. The van der Waals surface area contributed by atoms with Crippen LogP contribution in [0.2, 0.25) is 0 Å². The third kappa shape index (κ3) is 3.19. The van der Waals surface area contributed by atoms with E-state index < -0.39 is 0 Å². The summed E-state index contributed by atoms with van der Waals surface area (Å²) in [6, 6.07) is 0.240. The van der Waals surface area contributed by atoms with Crippen LogP contribution >= 0.6 is 0 Å². The number of hydrogen-bond acceptors (Lipinski definition) is 3. The van der Waals surface area contributed by atoms with Crippen molar-refractivity contribution in [3.05, 3.63) is 0 Å². The van der Waals surface area contributed by atoms with Gasteiger partial charge in [0.25, 0.3) is 0 Å². The molecule has 4 unspecified atom stereocenters. The summed E-state index contributed by atoms with van der Waals surface area (Å²) in [5.41, 5.74) is 6.11. The summed E-state index contributed by atoms with van der Waals surface area (Å²) in [6.45, 7) is 3.91. The van der Waals surface area contributed by atoms with Gasteiger partial charge < -0.3 is 15.2 Å². The Bertz CT molecular complexity index is 204. The van der Waals surface area contributed by atoms with Crippen LogP contribution in [0.4, 0.5) is 0 Å². The Morgan fingerprint density at radius 2 is 2.19 bits per heavy atom. The smallest absolute Gasteiger partial charge is 0.0809 e. The molecule has 16 heavy (non-hydrogen) atoms. The highest BCUT2D eigenvalue weighted by Crippen LogP contribution is 2.28. The van der Waals surface area contributed by atoms with Gasteiger partial charge in [-0.3, -0.25) is 0 Å². The van der Waals surface area contributed by atoms with Gasteiger partial charge in [-0.2, -0.15) is 0 Å². The van der Waals surface area contributed by atoms with E-state index in [4.69, 9.17) is 15.2 Å². The van der Waals surface area contributed by atoms with E-state index in [0.29, 0.717) is 6.10 Å². The van der Waals surface area contributed by atoms with Gasteiger partial charge in [0.15, 0.2) is 0 Å². The van der Waals surface area contributed by atoms with E-state index in [2.05, 4.69) is 6.92 Å². The number of nitrogens with two attached hydrogens (primary N) is 1. The molecule has 3 heteroatoms. The Hall–Kier alpha value is -0.120. The quantitative estimate of drug-likeness (QED) is 0.800. The molecule has 1 aliphatic carbocycles. The van der Waals surface area contributed by atoms with Crippen molar-refractivity contribution in [1.29, 1.82) is 0 Å². The lowest BCUT2D eigenvalue weighted by molar-refractivity contribution is -0.0484. The zero-order valence-electron chi connectivity index (χ0n) is 10.4. The largest absolute Gasteiger partial charge is 0.376 e. The van der Waals surface area contributed by atoms with Crippen LogP contribution in [-0.4, -0.2) is 31.5 Å². The van der Waals surface area contributed by atoms with E-state index in [9.17, 15) is 0 Å². The standard InChI is InChI=1S/C13H25NO2/c1-2-10-5-6-12(14)13(8-10)16-9-11-4-3-7-15-11/h10-13H,2-9,14H2,1H3. The number of rotatable bonds is 4. The van der Waals surface area contributed by atoms with Crippen molar-refractivity contribution in [2.24, 2.45) is 11.7 Å². The summed E-state index contributed by atoms with van der Waals surface area (Å²) in [5.74, 6) is 0.814. The minimum absolute atomic E-state index is 0.240. The number of hydrogen-bond donors (Lipinski definition) is 1. The van der Waals surface area contributed by atoms with Gasteiger partial charge in [0, 0.05) is 12.6 Å². The molecule has 0 aromatic rings. The Kier molecular flexibility index (Phi) is 4.62. The zero-order valence-corrected chi connectivity index (χ0v) is 10.4. The summed E-state index contributed by atoms with van der Waals surface area (Å²) < 4.78 is 11.5. The molecule has 0 aromatic carbocycles. The second-order valence-electron chi connectivity index (χ2n) is 5.26. The molecule has 2 N–H and O–H groups in total. The van der Waals surface area contributed by atoms with E-state index >= 15 is 0 Å². The van der Waals surface area contributed by atoms with E-state index in [1.165, 1.54) is 19.3 Å². The molecule has 4 atom stereocenters. The molecule has 0 spiro atoms. The van der Waals surface area contributed by atoms with Crippen LogP contribution in [-0.2, 0) is 9.47 Å². The van der Waals surface area contributed by atoms with Crippen LogP contribution in [0.1, 0.15) is 45.4 Å². The van der Waals surface area contributed by atoms with Gasteiger partial charge in [-0.05, 0) is 38.0 Å². The molecular weight excluding hydrogens is 202 g/mol. The second kappa shape index (κ2) is 5.99. The first kappa shape index (κ1) is 12.3. The third-order valence-electron chi connectivity index (χ3n) is 4.05. The van der Waals surface area contributed by atoms with Crippen LogP contribution in [0.15, 0.2) is 0 Å². The maximum Gasteiger partial charge on any atom is 0.0809 e. The molecule has 1 saturated carbocycles. The Morgan fingerprint density at radius 1 is 1.31 bits per heavy atom. The fraction of sp³-hybridized carbons (Fsp3) is 1.00. The predicted molar refractivity (Wildman–Crippen MR) is 64.3 cm³/mol. The molecule has 1 heterocycles. The maximum absolute atomic E-state index is 6.11. The van der Waals surface area contributed by atoms with E-state index in [1.54, 1.807) is 0 Å². The molecule has 1 aliphatic heterocycles. The van der Waals surface area contributed by atoms with E-state index in [-0.39, 0.29) is 12.1 Å². The van der Waals surface area contributed by atoms with Crippen molar-refractivity contribution in [2.75, 3.05) is 13.2 Å². The second-order valence-corrected chi connectivity index (χ2v) is 5.26. The molecule has 0 bridgehead atoms. The Labute approximate surface area is 98.7 Å². The minimum atomic E-state index is 0.240. The van der Waals surface area contributed by atoms with Gasteiger partial charge in [-0.15, -0.1) is 0 Å². The minimum Gasteiger partial charge on any atom is -0.376 e. The van der Waals surface area contributed by atoms with Crippen LogP contribution in [0, 0.1) is 5.92 Å². The molecule has 0 radical (unpaired) electrons. The molecule has 2 aliphatic rings. The van der Waals surface area contributed by atoms with Gasteiger partial charge in [-0.25, -0.2) is 0 Å². The van der Waals surface area contributed by atoms with Crippen LogP contribution in [0.25, 0.3) is 0 Å². The summed E-state index contributed by atoms with van der Waals surface area (Å²) in [7, 11) is 0. The number of ether oxygens (including phenoxy) is 2. The summed E-state index contributed by atoms with van der Waals surface area (Å²) >= 11 is 0. The first-order valence-electron chi connectivity index (χ1n) is 6.78. The van der Waals surface area contributed by atoms with Crippen molar-refractivity contribution in [3.8, 4) is 0 Å². The normalized spacial score (nSPS) is 40.1. The molecule has 0 amide bonds. The highest BCUT2D eigenvalue weighted by Gasteiger charge is 2.29. The lowest BCUT2D eigenvalue weighted by Gasteiger charge is -2.34. The van der Waals surface area contributed by atoms with Crippen molar-refractivity contribution in [2.45, 2.75) is 63.7 Å². The van der Waals surface area contributed by atoms with E-state index in [0.717, 1.165) is 38.4 Å². The highest BCUT2D eigenvalue weighted by molar-refractivity contribution is 4.83. The zero-order chi connectivity index (χ0) is 11.4. The van der Waals surface area contributed by atoms with Crippen molar-refractivity contribution in [3.63, 3.8) is 0 Å². The van der Waals surface area contributed by atoms with Crippen LogP contribution in [0.3, 0.4) is 0 Å². The van der Waals surface area contributed by atoms with E-state index in [1.807, 2.05) is 0 Å². The van der Waals surface area contributed by atoms with Gasteiger partial charge >= 0.3 is 0 Å². The van der Waals surface area contributed by atoms with Gasteiger partial charge in [0.05, 0.1) is 18.8 Å². The third-order valence-corrected chi connectivity index (χ3v) is 4.05. The van der Waals surface area contributed by atoms with Crippen molar-refractivity contribution in [1.82, 2.24) is 0 Å². The predicted octanol–water partition coefficient (Wildman–Crippen LogP) is 2.09. The summed E-state index contributed by atoms with van der Waals surface area (Å²) in [6.07, 6.45) is 7.72. The topological polar surface area (TPSA) is 44.5 Å². The first-order chi connectivity index (χ1) is 7.79. The van der Waals surface area contributed by atoms with Gasteiger partial charge in [0.1, 0.15) is 0 Å². The van der Waals surface area contributed by atoms with Crippen LogP contribution < -0.4 is 5.73 Å². The summed E-state index contributed by atoms with van der Waals surface area (Å²) in [4.78, 5) is 0. The Balaban J connectivity index is 1.73. The van der Waals surface area contributed by atoms with Gasteiger partial charge in [0.2, 0.25) is 0 Å². The highest BCUT2D eigenvalue weighted by atomic mass is 16.5.